The molecule has 2 N–H and O–H groups in total. The molecule has 0 fully saturated rings. The average Bonchev–Trinajstić information content (AvgIpc) is 2.50. The summed E-state index contributed by atoms with van der Waals surface area (Å²) < 4.78 is 31.6. The molecule has 0 radical (unpaired) electrons. The maximum atomic E-state index is 11.2. The molecule has 98 valence electrons. The Morgan fingerprint density at radius 2 is 1.78 bits per heavy atom. The van der Waals surface area contributed by atoms with Gasteiger partial charge in [-0.25, -0.2) is 10.1 Å². The van der Waals surface area contributed by atoms with E-state index in [4.69, 9.17) is 17.5 Å². The molecular weight excluding hydrogens is 268 g/mol. The highest BCUT2D eigenvalue weighted by molar-refractivity contribution is 7.79. The lowest BCUT2D eigenvalue weighted by molar-refractivity contribution is -0.483. The minimum Gasteiger partial charge on any atom is -0.268 e. The third-order valence-corrected chi connectivity index (χ3v) is 1.96. The number of benzene rings is 1. The van der Waals surface area contributed by atoms with Crippen LogP contribution in [0.1, 0.15) is 5.56 Å². The molecule has 0 atom stereocenters. The van der Waals surface area contributed by atoms with E-state index in [9.17, 15) is 14.9 Å². The number of hydrogen-bond donors (Lipinski definition) is 2. The van der Waals surface area contributed by atoms with Gasteiger partial charge >= 0.3 is 10.4 Å². The Morgan fingerprint density at radius 3 is 2.28 bits per heavy atom. The number of amides is 1. The van der Waals surface area contributed by atoms with Gasteiger partial charge in [0.15, 0.2) is 5.03 Å². The summed E-state index contributed by atoms with van der Waals surface area (Å²) in [5, 5.41) is 10.4. The molecule has 0 spiro atoms. The van der Waals surface area contributed by atoms with Gasteiger partial charge in [-0.1, -0.05) is 18.2 Å². The molecule has 1 amide bonds. The highest BCUT2D eigenvalue weighted by atomic mass is 32.3. The lowest BCUT2D eigenvalue weighted by Crippen LogP contribution is -2.32. The molecule has 2 rings (SSSR count). The van der Waals surface area contributed by atoms with Crippen LogP contribution in [0.3, 0.4) is 0 Å². The number of carbonyl (C=O) groups excluding carboxylic acids is 1. The van der Waals surface area contributed by atoms with Crippen molar-refractivity contribution in [2.24, 2.45) is 0 Å². The molecule has 10 heteroatoms. The molecule has 18 heavy (non-hydrogen) atoms. The Balaban J connectivity index is 0.000000280. The summed E-state index contributed by atoms with van der Waals surface area (Å²) in [5.74, 6) is -0.480. The number of para-hydroxylation sites is 1. The monoisotopic (exact) mass is 276 g/mol. The van der Waals surface area contributed by atoms with Crippen molar-refractivity contribution in [3.05, 3.63) is 39.9 Å². The predicted octanol–water partition coefficient (Wildman–Crippen LogP) is 0.115. The van der Waals surface area contributed by atoms with Crippen LogP contribution in [-0.2, 0) is 21.6 Å². The van der Waals surface area contributed by atoms with Crippen molar-refractivity contribution in [2.75, 3.05) is 5.01 Å². The fourth-order valence-corrected chi connectivity index (χ4v) is 1.42. The lowest BCUT2D eigenvalue weighted by Gasteiger charge is -2.03. The van der Waals surface area contributed by atoms with Crippen LogP contribution in [0.25, 0.3) is 0 Å². The first-order valence-corrected chi connectivity index (χ1v) is 5.85. The van der Waals surface area contributed by atoms with Gasteiger partial charge in [0.05, 0.1) is 6.42 Å². The molecule has 1 aliphatic heterocycles. The zero-order valence-electron chi connectivity index (χ0n) is 8.75. The first-order chi connectivity index (χ1) is 8.20. The van der Waals surface area contributed by atoms with Gasteiger partial charge in [-0.15, -0.1) is 0 Å². The number of nitro groups is 1. The smallest absolute Gasteiger partial charge is 0.268 e. The number of hydrogen-bond acceptors (Lipinski definition) is 5. The minimum atomic E-state index is -4.67. The van der Waals surface area contributed by atoms with Crippen molar-refractivity contribution < 1.29 is 27.4 Å². The first kappa shape index (κ1) is 14.0. The highest BCUT2D eigenvalue weighted by Crippen LogP contribution is 2.27. The van der Waals surface area contributed by atoms with Crippen LogP contribution in [0, 0.1) is 10.1 Å². The molecule has 1 aromatic rings. The van der Waals surface area contributed by atoms with Gasteiger partial charge in [-0.3, -0.25) is 13.9 Å². The number of rotatable bonds is 1. The maximum absolute atomic E-state index is 11.2. The Labute approximate surface area is 101 Å². The number of carbonyl (C=O) groups is 1. The number of hydrazine groups is 1. The van der Waals surface area contributed by atoms with E-state index >= 15 is 0 Å². The third-order valence-electron chi connectivity index (χ3n) is 1.96. The van der Waals surface area contributed by atoms with Crippen molar-refractivity contribution in [2.45, 2.75) is 6.42 Å². The SMILES string of the molecule is O=C1Cc2ccccc2N1[N+](=O)[O-].O=S(=O)(O)O. The van der Waals surface area contributed by atoms with E-state index in [2.05, 4.69) is 0 Å². The second-order valence-electron chi connectivity index (χ2n) is 3.20. The van der Waals surface area contributed by atoms with Crippen molar-refractivity contribution in [3.63, 3.8) is 0 Å². The highest BCUT2D eigenvalue weighted by Gasteiger charge is 2.35. The largest absolute Gasteiger partial charge is 0.394 e. The van der Waals surface area contributed by atoms with Crippen molar-refractivity contribution in [1.29, 1.82) is 0 Å². The van der Waals surface area contributed by atoms with E-state index in [0.29, 0.717) is 16.3 Å². The number of anilines is 1. The molecule has 0 saturated heterocycles. The van der Waals surface area contributed by atoms with Gasteiger partial charge in [-0.2, -0.15) is 8.42 Å². The summed E-state index contributed by atoms with van der Waals surface area (Å²) >= 11 is 0. The van der Waals surface area contributed by atoms with Crippen molar-refractivity contribution in [1.82, 2.24) is 0 Å². The van der Waals surface area contributed by atoms with E-state index in [0.717, 1.165) is 0 Å². The van der Waals surface area contributed by atoms with Crippen LogP contribution in [0.5, 0.6) is 0 Å². The van der Waals surface area contributed by atoms with Crippen LogP contribution >= 0.6 is 0 Å². The van der Waals surface area contributed by atoms with Crippen LogP contribution in [0.15, 0.2) is 24.3 Å². The molecule has 1 aliphatic rings. The molecule has 0 bridgehead atoms. The molecule has 0 aromatic heterocycles. The fourth-order valence-electron chi connectivity index (χ4n) is 1.42. The quantitative estimate of drug-likeness (QED) is 0.421. The van der Waals surface area contributed by atoms with Crippen LogP contribution in [0.2, 0.25) is 0 Å². The van der Waals surface area contributed by atoms with E-state index < -0.39 is 21.3 Å². The molecule has 1 aromatic carbocycles. The van der Waals surface area contributed by atoms with Gasteiger partial charge in [0.1, 0.15) is 5.69 Å². The third kappa shape index (κ3) is 3.76. The second kappa shape index (κ2) is 5.08. The van der Waals surface area contributed by atoms with Gasteiger partial charge < -0.3 is 0 Å². The molecule has 0 unspecified atom stereocenters. The van der Waals surface area contributed by atoms with Crippen molar-refractivity contribution >= 4 is 22.0 Å². The standard InChI is InChI=1S/C8H6N2O3.H2O4S/c11-8-5-6-3-1-2-4-7(6)9(8)10(12)13;1-5(2,3)4/h1-4H,5H2;(H2,1,2,3,4). The Hall–Kier alpha value is -2.04. The summed E-state index contributed by atoms with van der Waals surface area (Å²) in [5.41, 5.74) is 1.10. The van der Waals surface area contributed by atoms with Crippen LogP contribution in [-0.4, -0.2) is 28.5 Å². The van der Waals surface area contributed by atoms with Gasteiger partial charge in [0.2, 0.25) is 0 Å². The van der Waals surface area contributed by atoms with E-state index in [1.54, 1.807) is 24.3 Å². The lowest BCUT2D eigenvalue weighted by atomic mass is 10.2. The molecule has 0 aliphatic carbocycles. The maximum Gasteiger partial charge on any atom is 0.394 e. The second-order valence-corrected chi connectivity index (χ2v) is 4.09. The predicted molar refractivity (Wildman–Crippen MR) is 58.8 cm³/mol. The normalized spacial score (nSPS) is 13.7. The van der Waals surface area contributed by atoms with Gasteiger partial charge in [0.25, 0.3) is 5.91 Å². The minimum absolute atomic E-state index is 0.122. The van der Waals surface area contributed by atoms with Gasteiger partial charge in [0, 0.05) is 0 Å². The Morgan fingerprint density at radius 1 is 1.28 bits per heavy atom. The summed E-state index contributed by atoms with van der Waals surface area (Å²) in [6.45, 7) is 0. The van der Waals surface area contributed by atoms with Crippen LogP contribution < -0.4 is 5.01 Å². The van der Waals surface area contributed by atoms with Crippen molar-refractivity contribution in [3.8, 4) is 0 Å². The Bertz CT molecular complexity index is 575. The number of fused-ring (bicyclic) bond motifs is 1. The zero-order valence-corrected chi connectivity index (χ0v) is 9.57. The first-order valence-electron chi connectivity index (χ1n) is 4.45. The van der Waals surface area contributed by atoms with Gasteiger partial charge in [-0.05, 0) is 16.6 Å². The van der Waals surface area contributed by atoms with E-state index in [-0.39, 0.29) is 6.42 Å². The summed E-state index contributed by atoms with van der Waals surface area (Å²) in [6.07, 6.45) is 0.122. The summed E-state index contributed by atoms with van der Waals surface area (Å²) in [6, 6.07) is 6.73. The Kier molecular flexibility index (Phi) is 3.96. The zero-order chi connectivity index (χ0) is 13.9. The summed E-state index contributed by atoms with van der Waals surface area (Å²) in [7, 11) is -4.67. The molecule has 9 nitrogen and oxygen atoms in total. The van der Waals surface area contributed by atoms with E-state index in [1.165, 1.54) is 0 Å². The average molecular weight is 276 g/mol. The topological polar surface area (TPSA) is 138 Å². The summed E-state index contributed by atoms with van der Waals surface area (Å²) in [4.78, 5) is 21.6. The molecule has 0 saturated carbocycles. The fraction of sp³-hybridized carbons (Fsp3) is 0.125. The van der Waals surface area contributed by atoms with Crippen LogP contribution in [0.4, 0.5) is 5.69 Å². The van der Waals surface area contributed by atoms with E-state index in [1.807, 2.05) is 0 Å². The number of nitrogens with zero attached hydrogens (tertiary/aromatic N) is 2. The molecular formula is C8H8N2O7S. The molecule has 1 heterocycles.